The Morgan fingerprint density at radius 2 is 2.00 bits per heavy atom. The summed E-state index contributed by atoms with van der Waals surface area (Å²) in [5.41, 5.74) is 0.712. The lowest BCUT2D eigenvalue weighted by atomic mass is 10.1. The third-order valence-corrected chi connectivity index (χ3v) is 4.46. The second-order valence-corrected chi connectivity index (χ2v) is 6.47. The Labute approximate surface area is 149 Å². The van der Waals surface area contributed by atoms with Crippen LogP contribution in [-0.2, 0) is 9.53 Å². The Hall–Kier alpha value is -2.41. The SMILES string of the molecule is CSc1ncccc1C(=O)OC(C(=O)NC1CC1)c1ccc(F)cc1. The van der Waals surface area contributed by atoms with Gasteiger partial charge in [-0.15, -0.1) is 11.8 Å². The Morgan fingerprint density at radius 3 is 2.64 bits per heavy atom. The maximum atomic E-state index is 13.2. The average Bonchev–Trinajstić information content (AvgIpc) is 3.44. The summed E-state index contributed by atoms with van der Waals surface area (Å²) in [6.45, 7) is 0. The van der Waals surface area contributed by atoms with Crippen molar-refractivity contribution >= 4 is 23.6 Å². The fourth-order valence-corrected chi connectivity index (χ4v) is 2.83. The van der Waals surface area contributed by atoms with Gasteiger partial charge >= 0.3 is 5.97 Å². The molecule has 0 spiro atoms. The number of thioether (sulfide) groups is 1. The summed E-state index contributed by atoms with van der Waals surface area (Å²) in [6.07, 6.45) is 4.07. The number of halogens is 1. The van der Waals surface area contributed by atoms with E-state index in [1.807, 2.05) is 0 Å². The van der Waals surface area contributed by atoms with Crippen LogP contribution >= 0.6 is 11.8 Å². The molecule has 1 atom stereocenters. The fraction of sp³-hybridized carbons (Fsp3) is 0.278. The highest BCUT2D eigenvalue weighted by Gasteiger charge is 2.31. The number of nitrogens with zero attached hydrogens (tertiary/aromatic N) is 1. The molecule has 1 saturated carbocycles. The van der Waals surface area contributed by atoms with Crippen molar-refractivity contribution in [3.8, 4) is 0 Å². The minimum Gasteiger partial charge on any atom is -0.444 e. The van der Waals surface area contributed by atoms with Gasteiger partial charge in [-0.1, -0.05) is 12.1 Å². The van der Waals surface area contributed by atoms with E-state index in [2.05, 4.69) is 10.3 Å². The highest BCUT2D eigenvalue weighted by atomic mass is 32.2. The molecule has 1 aromatic heterocycles. The lowest BCUT2D eigenvalue weighted by Crippen LogP contribution is -2.33. The van der Waals surface area contributed by atoms with Crippen molar-refractivity contribution in [1.29, 1.82) is 0 Å². The minimum absolute atomic E-state index is 0.120. The van der Waals surface area contributed by atoms with Gasteiger partial charge in [0.05, 0.1) is 5.56 Å². The van der Waals surface area contributed by atoms with E-state index in [4.69, 9.17) is 4.74 Å². The van der Waals surface area contributed by atoms with Crippen LogP contribution in [0.4, 0.5) is 4.39 Å². The van der Waals surface area contributed by atoms with E-state index < -0.39 is 23.8 Å². The van der Waals surface area contributed by atoms with Gasteiger partial charge in [0.15, 0.2) is 0 Å². The van der Waals surface area contributed by atoms with Crippen molar-refractivity contribution in [2.75, 3.05) is 6.26 Å². The first-order valence-corrected chi connectivity index (χ1v) is 9.07. The van der Waals surface area contributed by atoms with Gasteiger partial charge in [-0.05, 0) is 43.4 Å². The number of amides is 1. The van der Waals surface area contributed by atoms with Gasteiger partial charge in [0.2, 0.25) is 6.10 Å². The van der Waals surface area contributed by atoms with E-state index >= 15 is 0 Å². The molecule has 7 heteroatoms. The van der Waals surface area contributed by atoms with Crippen molar-refractivity contribution in [2.24, 2.45) is 0 Å². The summed E-state index contributed by atoms with van der Waals surface area (Å²) >= 11 is 1.32. The highest BCUT2D eigenvalue weighted by Crippen LogP contribution is 2.26. The zero-order valence-corrected chi connectivity index (χ0v) is 14.4. The van der Waals surface area contributed by atoms with Gasteiger partial charge < -0.3 is 10.1 Å². The summed E-state index contributed by atoms with van der Waals surface area (Å²) in [7, 11) is 0. The normalized spacial score (nSPS) is 14.6. The van der Waals surface area contributed by atoms with Gasteiger partial charge in [-0.25, -0.2) is 14.2 Å². The highest BCUT2D eigenvalue weighted by molar-refractivity contribution is 7.98. The van der Waals surface area contributed by atoms with E-state index in [1.54, 1.807) is 24.6 Å². The van der Waals surface area contributed by atoms with E-state index in [1.165, 1.54) is 36.0 Å². The van der Waals surface area contributed by atoms with Gasteiger partial charge in [-0.3, -0.25) is 4.79 Å². The number of ether oxygens (including phenoxy) is 1. The van der Waals surface area contributed by atoms with Crippen molar-refractivity contribution in [1.82, 2.24) is 10.3 Å². The van der Waals surface area contributed by atoms with Crippen molar-refractivity contribution < 1.29 is 18.7 Å². The van der Waals surface area contributed by atoms with Gasteiger partial charge in [0.1, 0.15) is 10.8 Å². The number of hydrogen-bond donors (Lipinski definition) is 1. The topological polar surface area (TPSA) is 68.3 Å². The van der Waals surface area contributed by atoms with Crippen LogP contribution in [0.15, 0.2) is 47.6 Å². The second-order valence-electron chi connectivity index (χ2n) is 5.68. The Kier molecular flexibility index (Phi) is 5.33. The number of hydrogen-bond acceptors (Lipinski definition) is 5. The first-order valence-electron chi connectivity index (χ1n) is 7.84. The van der Waals surface area contributed by atoms with Crippen LogP contribution in [-0.4, -0.2) is 29.2 Å². The molecule has 1 amide bonds. The molecule has 1 aliphatic rings. The molecule has 1 unspecified atom stereocenters. The number of aromatic nitrogens is 1. The number of carbonyl (C=O) groups is 2. The smallest absolute Gasteiger partial charge is 0.342 e. The molecule has 3 rings (SSSR count). The minimum atomic E-state index is -1.14. The fourth-order valence-electron chi connectivity index (χ4n) is 2.29. The van der Waals surface area contributed by atoms with E-state index in [0.29, 0.717) is 16.2 Å². The molecule has 1 fully saturated rings. The molecule has 130 valence electrons. The molecule has 1 aliphatic carbocycles. The quantitative estimate of drug-likeness (QED) is 0.633. The average molecular weight is 360 g/mol. The van der Waals surface area contributed by atoms with Gasteiger partial charge in [-0.2, -0.15) is 0 Å². The third-order valence-electron chi connectivity index (χ3n) is 3.74. The lowest BCUT2D eigenvalue weighted by molar-refractivity contribution is -0.130. The number of carbonyl (C=O) groups excluding carboxylic acids is 2. The predicted octanol–water partition coefficient (Wildman–Crippen LogP) is 3.12. The molecule has 25 heavy (non-hydrogen) atoms. The second kappa shape index (κ2) is 7.65. The zero-order valence-electron chi connectivity index (χ0n) is 13.6. The third kappa shape index (κ3) is 4.36. The summed E-state index contributed by atoms with van der Waals surface area (Å²) in [6, 6.07) is 8.71. The molecular formula is C18H17FN2O3S. The van der Waals surface area contributed by atoms with Crippen LogP contribution in [0.25, 0.3) is 0 Å². The maximum absolute atomic E-state index is 13.2. The number of esters is 1. The van der Waals surface area contributed by atoms with Crippen LogP contribution in [0.5, 0.6) is 0 Å². The van der Waals surface area contributed by atoms with E-state index in [0.717, 1.165) is 12.8 Å². The van der Waals surface area contributed by atoms with Crippen LogP contribution < -0.4 is 5.32 Å². The summed E-state index contributed by atoms with van der Waals surface area (Å²) in [4.78, 5) is 29.2. The molecule has 2 aromatic rings. The standard InChI is InChI=1S/C18H17FN2O3S/c1-25-17-14(3-2-10-20-17)18(23)24-15(16(22)21-13-8-9-13)11-4-6-12(19)7-5-11/h2-7,10,13,15H,8-9H2,1H3,(H,21,22). The molecule has 1 N–H and O–H groups in total. The van der Waals surface area contributed by atoms with Crippen molar-refractivity contribution in [3.63, 3.8) is 0 Å². The number of benzene rings is 1. The van der Waals surface area contributed by atoms with Crippen LogP contribution in [0.2, 0.25) is 0 Å². The van der Waals surface area contributed by atoms with Crippen molar-refractivity contribution in [3.05, 3.63) is 59.5 Å². The van der Waals surface area contributed by atoms with Crippen LogP contribution in [0.3, 0.4) is 0 Å². The first-order chi connectivity index (χ1) is 12.1. The van der Waals surface area contributed by atoms with E-state index in [-0.39, 0.29) is 6.04 Å². The molecule has 0 aliphatic heterocycles. The molecule has 1 heterocycles. The number of pyridine rings is 1. The zero-order chi connectivity index (χ0) is 17.8. The lowest BCUT2D eigenvalue weighted by Gasteiger charge is -2.18. The number of rotatable bonds is 6. The van der Waals surface area contributed by atoms with Gasteiger partial charge in [0.25, 0.3) is 5.91 Å². The van der Waals surface area contributed by atoms with E-state index in [9.17, 15) is 14.0 Å². The van der Waals surface area contributed by atoms with Gasteiger partial charge in [0, 0.05) is 17.8 Å². The summed E-state index contributed by atoms with van der Waals surface area (Å²) in [5.74, 6) is -1.47. The Morgan fingerprint density at radius 1 is 1.28 bits per heavy atom. The maximum Gasteiger partial charge on any atom is 0.342 e. The monoisotopic (exact) mass is 360 g/mol. The summed E-state index contributed by atoms with van der Waals surface area (Å²) in [5, 5.41) is 3.34. The molecule has 1 aromatic carbocycles. The molecule has 0 radical (unpaired) electrons. The van der Waals surface area contributed by atoms with Crippen LogP contribution in [0, 0.1) is 5.82 Å². The molecule has 5 nitrogen and oxygen atoms in total. The summed E-state index contributed by atoms with van der Waals surface area (Å²) < 4.78 is 18.6. The van der Waals surface area contributed by atoms with Crippen LogP contribution in [0.1, 0.15) is 34.9 Å². The predicted molar refractivity (Wildman–Crippen MR) is 91.7 cm³/mol. The first kappa shape index (κ1) is 17.4. The number of nitrogens with one attached hydrogen (secondary N) is 1. The Bertz CT molecular complexity index is 778. The molecule has 0 bridgehead atoms. The molecular weight excluding hydrogens is 343 g/mol. The molecule has 0 saturated heterocycles. The Balaban J connectivity index is 1.84. The largest absolute Gasteiger partial charge is 0.444 e. The van der Waals surface area contributed by atoms with Crippen molar-refractivity contribution in [2.45, 2.75) is 30.0 Å².